The quantitative estimate of drug-likeness (QED) is 0.728. The van der Waals surface area contributed by atoms with E-state index in [1.807, 2.05) is 0 Å². The molecule has 2 aliphatic rings. The van der Waals surface area contributed by atoms with Gasteiger partial charge in [-0.2, -0.15) is 13.2 Å². The van der Waals surface area contributed by atoms with Crippen LogP contribution < -0.4 is 0 Å². The number of halogens is 3. The van der Waals surface area contributed by atoms with Crippen molar-refractivity contribution in [2.75, 3.05) is 12.4 Å². The van der Waals surface area contributed by atoms with E-state index in [9.17, 15) is 21.6 Å². The van der Waals surface area contributed by atoms with Gasteiger partial charge in [0.25, 0.3) is 0 Å². The van der Waals surface area contributed by atoms with Gasteiger partial charge >= 0.3 is 6.18 Å². The van der Waals surface area contributed by atoms with E-state index in [1.54, 1.807) is 12.2 Å². The second-order valence-corrected chi connectivity index (χ2v) is 8.46. The first-order valence-corrected chi connectivity index (χ1v) is 8.43. The van der Waals surface area contributed by atoms with Crippen molar-refractivity contribution >= 4 is 9.84 Å². The first kappa shape index (κ1) is 16.5. The van der Waals surface area contributed by atoms with Gasteiger partial charge in [0.2, 0.25) is 0 Å². The molecule has 1 aliphatic heterocycles. The first-order chi connectivity index (χ1) is 9.48. The Morgan fingerprint density at radius 1 is 1.29 bits per heavy atom. The molecule has 0 radical (unpaired) electrons. The van der Waals surface area contributed by atoms with Crippen molar-refractivity contribution in [2.24, 2.45) is 5.41 Å². The molecule has 0 saturated carbocycles. The summed E-state index contributed by atoms with van der Waals surface area (Å²) < 4.78 is 68.0. The lowest BCUT2D eigenvalue weighted by Gasteiger charge is -2.29. The van der Waals surface area contributed by atoms with E-state index in [0.29, 0.717) is 6.42 Å². The topological polar surface area (TPSA) is 46.7 Å². The molecule has 1 fully saturated rings. The van der Waals surface area contributed by atoms with Crippen molar-refractivity contribution in [2.45, 2.75) is 44.9 Å². The summed E-state index contributed by atoms with van der Waals surface area (Å²) in [6, 6.07) is 0. The maximum Gasteiger partial charge on any atom is 0.419 e. The largest absolute Gasteiger partial charge is 0.419 e. The summed E-state index contributed by atoms with van der Waals surface area (Å²) >= 11 is 0. The number of alkyl halides is 3. The van der Waals surface area contributed by atoms with Crippen LogP contribution in [-0.4, -0.2) is 32.6 Å². The zero-order chi connectivity index (χ0) is 15.9. The zero-order valence-electron chi connectivity index (χ0n) is 12.0. The minimum Gasteiger partial charge on any atom is -0.360 e. The van der Waals surface area contributed by atoms with Crippen LogP contribution in [0.3, 0.4) is 0 Å². The van der Waals surface area contributed by atoms with Gasteiger partial charge in [-0.05, 0) is 30.8 Å². The maximum atomic E-state index is 12.9. The number of hydrogen-bond donors (Lipinski definition) is 0. The summed E-state index contributed by atoms with van der Waals surface area (Å²) in [5.74, 6) is -0.322. The molecule has 2 rings (SSSR count). The summed E-state index contributed by atoms with van der Waals surface area (Å²) in [6.07, 6.45) is 1.54. The Morgan fingerprint density at radius 2 is 1.90 bits per heavy atom. The fourth-order valence-corrected chi connectivity index (χ4v) is 4.67. The molecule has 0 aromatic carbocycles. The monoisotopic (exact) mass is 324 g/mol. The van der Waals surface area contributed by atoms with Crippen LogP contribution >= 0.6 is 0 Å². The van der Waals surface area contributed by atoms with Crippen molar-refractivity contribution in [1.29, 1.82) is 0 Å². The van der Waals surface area contributed by atoms with Gasteiger partial charge in [0.1, 0.15) is 0 Å². The molecule has 1 aliphatic carbocycles. The van der Waals surface area contributed by atoms with E-state index in [1.165, 1.54) is 19.9 Å². The van der Waals surface area contributed by atoms with Crippen molar-refractivity contribution < 1.29 is 26.3 Å². The van der Waals surface area contributed by atoms with Crippen LogP contribution in [-0.2, 0) is 14.6 Å². The minimum absolute atomic E-state index is 0.208. The normalized spacial score (nSPS) is 26.6. The average molecular weight is 324 g/mol. The van der Waals surface area contributed by atoms with Crippen molar-refractivity contribution in [1.82, 2.24) is 0 Å². The SMILES string of the molecule is CC(C)(CC1(C(F)(F)F)CO1)CS(=O)(=O)C1=CCCC=C1. The van der Waals surface area contributed by atoms with Gasteiger partial charge in [-0.1, -0.05) is 26.0 Å². The van der Waals surface area contributed by atoms with Gasteiger partial charge in [-0.15, -0.1) is 0 Å². The van der Waals surface area contributed by atoms with Crippen LogP contribution in [0.2, 0.25) is 0 Å². The van der Waals surface area contributed by atoms with Gasteiger partial charge < -0.3 is 4.74 Å². The van der Waals surface area contributed by atoms with Crippen LogP contribution in [0.25, 0.3) is 0 Å². The fourth-order valence-electron chi connectivity index (χ4n) is 2.69. The number of ether oxygens (including phenoxy) is 1. The molecule has 1 atom stereocenters. The Morgan fingerprint density at radius 3 is 2.33 bits per heavy atom. The molecule has 21 heavy (non-hydrogen) atoms. The van der Waals surface area contributed by atoms with E-state index in [-0.39, 0.29) is 23.7 Å². The summed E-state index contributed by atoms with van der Waals surface area (Å²) in [4.78, 5) is 0.208. The molecule has 3 nitrogen and oxygen atoms in total. The molecule has 0 aromatic heterocycles. The average Bonchev–Trinajstić information content (AvgIpc) is 3.08. The Hall–Kier alpha value is -0.820. The summed E-state index contributed by atoms with van der Waals surface area (Å²) in [7, 11) is -3.58. The van der Waals surface area contributed by atoms with Gasteiger partial charge in [0, 0.05) is 0 Å². The number of rotatable bonds is 5. The molecule has 0 spiro atoms. The highest BCUT2D eigenvalue weighted by molar-refractivity contribution is 7.95. The van der Waals surface area contributed by atoms with Crippen LogP contribution in [0.15, 0.2) is 23.1 Å². The smallest absolute Gasteiger partial charge is 0.360 e. The highest BCUT2D eigenvalue weighted by atomic mass is 32.2. The van der Waals surface area contributed by atoms with Crippen molar-refractivity contribution in [3.05, 3.63) is 23.1 Å². The highest BCUT2D eigenvalue weighted by Gasteiger charge is 2.67. The third-order valence-corrected chi connectivity index (χ3v) is 5.86. The number of sulfone groups is 1. The number of epoxide rings is 1. The second kappa shape index (κ2) is 5.12. The van der Waals surface area contributed by atoms with E-state index in [2.05, 4.69) is 4.74 Å². The highest BCUT2D eigenvalue weighted by Crippen LogP contribution is 2.50. The fraction of sp³-hybridized carbons (Fsp3) is 0.714. The molecule has 1 saturated heterocycles. The van der Waals surface area contributed by atoms with Gasteiger partial charge in [0.15, 0.2) is 15.4 Å². The second-order valence-electron chi connectivity index (χ2n) is 6.47. The van der Waals surface area contributed by atoms with Gasteiger partial charge in [-0.3, -0.25) is 0 Å². The third kappa shape index (κ3) is 3.69. The molecular formula is C14H19F3O3S. The molecular weight excluding hydrogens is 305 g/mol. The Labute approximate surface area is 122 Å². The van der Waals surface area contributed by atoms with Gasteiger partial charge in [-0.25, -0.2) is 8.42 Å². The van der Waals surface area contributed by atoms with Crippen molar-refractivity contribution in [3.8, 4) is 0 Å². The Balaban J connectivity index is 2.11. The molecule has 0 bridgehead atoms. The van der Waals surface area contributed by atoms with E-state index >= 15 is 0 Å². The van der Waals surface area contributed by atoms with E-state index in [0.717, 1.165) is 6.42 Å². The molecule has 120 valence electrons. The minimum atomic E-state index is -4.46. The number of hydrogen-bond acceptors (Lipinski definition) is 3. The van der Waals surface area contributed by atoms with Crippen LogP contribution in [0.4, 0.5) is 13.2 Å². The molecule has 0 amide bonds. The Kier molecular flexibility index (Phi) is 4.04. The molecule has 1 unspecified atom stereocenters. The maximum absolute atomic E-state index is 12.9. The lowest BCUT2D eigenvalue weighted by molar-refractivity contribution is -0.190. The number of allylic oxidation sites excluding steroid dienone is 3. The van der Waals surface area contributed by atoms with Gasteiger partial charge in [0.05, 0.1) is 17.3 Å². The predicted octanol–water partition coefficient (Wildman–Crippen LogP) is 3.38. The molecule has 1 heterocycles. The standard InChI is InChI=1S/C14H19F3O3S/c1-12(2,8-13(9-20-13)14(15,16)17)10-21(18,19)11-6-4-3-5-7-11/h4,6-7H,3,5,8-10H2,1-2H3. The summed E-state index contributed by atoms with van der Waals surface area (Å²) in [6.45, 7) is 2.68. The zero-order valence-corrected chi connectivity index (χ0v) is 12.9. The van der Waals surface area contributed by atoms with Crippen LogP contribution in [0.1, 0.15) is 33.1 Å². The van der Waals surface area contributed by atoms with Crippen molar-refractivity contribution in [3.63, 3.8) is 0 Å². The lowest BCUT2D eigenvalue weighted by Crippen LogP contribution is -2.39. The molecule has 0 aromatic rings. The summed E-state index contributed by atoms with van der Waals surface area (Å²) in [5.41, 5.74) is -3.18. The third-order valence-electron chi connectivity index (χ3n) is 3.67. The first-order valence-electron chi connectivity index (χ1n) is 6.78. The van der Waals surface area contributed by atoms with E-state index < -0.39 is 27.0 Å². The molecule has 0 N–H and O–H groups in total. The van der Waals surface area contributed by atoms with Crippen LogP contribution in [0.5, 0.6) is 0 Å². The summed E-state index contributed by atoms with van der Waals surface area (Å²) in [5, 5.41) is 0. The van der Waals surface area contributed by atoms with Crippen LogP contribution in [0, 0.1) is 5.41 Å². The Bertz CT molecular complexity index is 567. The lowest BCUT2D eigenvalue weighted by atomic mass is 9.84. The predicted molar refractivity (Wildman–Crippen MR) is 73.4 cm³/mol. The molecule has 7 heteroatoms. The van der Waals surface area contributed by atoms with E-state index in [4.69, 9.17) is 0 Å².